The lowest BCUT2D eigenvalue weighted by Gasteiger charge is -2.24. The molecule has 2 heteroatoms. The maximum Gasteiger partial charge on any atom is 0.0671 e. The second kappa shape index (κ2) is 6.00. The van der Waals surface area contributed by atoms with E-state index in [0.29, 0.717) is 5.92 Å². The zero-order chi connectivity index (χ0) is 14.7. The van der Waals surface area contributed by atoms with Crippen LogP contribution in [0, 0.1) is 6.92 Å². The van der Waals surface area contributed by atoms with Crippen LogP contribution in [0.3, 0.4) is 0 Å². The second-order valence-electron chi connectivity index (χ2n) is 5.47. The summed E-state index contributed by atoms with van der Waals surface area (Å²) in [4.78, 5) is 2.16. The molecule has 1 atom stereocenters. The molecule has 20 heavy (non-hydrogen) atoms. The summed E-state index contributed by atoms with van der Waals surface area (Å²) in [6.45, 7) is 6.58. The van der Waals surface area contributed by atoms with E-state index in [2.05, 4.69) is 63.1 Å². The smallest absolute Gasteiger partial charge is 0.0671 e. The molecule has 1 unspecified atom stereocenters. The second-order valence-corrected chi connectivity index (χ2v) is 5.47. The maximum atomic E-state index is 6.12. The number of hydrogen-bond acceptors (Lipinski definition) is 2. The molecule has 2 aromatic rings. The largest absolute Gasteiger partial charge is 0.397 e. The molecule has 0 saturated carbocycles. The summed E-state index contributed by atoms with van der Waals surface area (Å²) in [7, 11) is 2.07. The summed E-state index contributed by atoms with van der Waals surface area (Å²) in [6, 6.07) is 14.8. The van der Waals surface area contributed by atoms with Crippen LogP contribution in [0.25, 0.3) is 0 Å². The molecule has 0 aromatic heterocycles. The van der Waals surface area contributed by atoms with Gasteiger partial charge in [-0.1, -0.05) is 38.1 Å². The third-order valence-electron chi connectivity index (χ3n) is 4.07. The van der Waals surface area contributed by atoms with Crippen LogP contribution in [0.1, 0.15) is 37.3 Å². The zero-order valence-electron chi connectivity index (χ0n) is 12.9. The molecular weight excluding hydrogens is 244 g/mol. The molecule has 0 aliphatic carbocycles. The number of rotatable bonds is 4. The van der Waals surface area contributed by atoms with Crippen LogP contribution >= 0.6 is 0 Å². The molecule has 2 rings (SSSR count). The standard InChI is InChI=1S/C18H24N2/c1-5-13(2)15-9-11-16(12-10-15)20(4)18-14(3)7-6-8-17(18)19/h6-13H,5,19H2,1-4H3. The molecule has 0 saturated heterocycles. The van der Waals surface area contributed by atoms with Crippen LogP contribution in [-0.2, 0) is 0 Å². The number of anilines is 3. The Balaban J connectivity index is 2.32. The molecule has 0 fully saturated rings. The number of nitrogens with two attached hydrogens (primary N) is 1. The lowest BCUT2D eigenvalue weighted by molar-refractivity contribution is 0.733. The molecule has 0 spiro atoms. The first-order valence-electron chi connectivity index (χ1n) is 7.23. The van der Waals surface area contributed by atoms with Crippen LogP contribution in [0.15, 0.2) is 42.5 Å². The number of benzene rings is 2. The van der Waals surface area contributed by atoms with Crippen molar-refractivity contribution in [1.29, 1.82) is 0 Å². The van der Waals surface area contributed by atoms with Gasteiger partial charge in [-0.2, -0.15) is 0 Å². The van der Waals surface area contributed by atoms with Gasteiger partial charge in [0, 0.05) is 12.7 Å². The number of nitrogen functional groups attached to an aromatic ring is 1. The number of aryl methyl sites for hydroxylation is 1. The number of nitrogens with zero attached hydrogens (tertiary/aromatic N) is 1. The average Bonchev–Trinajstić information content (AvgIpc) is 2.46. The van der Waals surface area contributed by atoms with Gasteiger partial charge in [-0.15, -0.1) is 0 Å². The Morgan fingerprint density at radius 3 is 2.30 bits per heavy atom. The van der Waals surface area contributed by atoms with Gasteiger partial charge in [-0.05, 0) is 48.6 Å². The van der Waals surface area contributed by atoms with Crippen LogP contribution in [0.5, 0.6) is 0 Å². The van der Waals surface area contributed by atoms with E-state index in [4.69, 9.17) is 5.73 Å². The van der Waals surface area contributed by atoms with E-state index in [1.165, 1.54) is 17.5 Å². The van der Waals surface area contributed by atoms with Crippen molar-refractivity contribution < 1.29 is 0 Å². The van der Waals surface area contributed by atoms with Crippen molar-refractivity contribution in [3.05, 3.63) is 53.6 Å². The fraction of sp³-hybridized carbons (Fsp3) is 0.333. The van der Waals surface area contributed by atoms with E-state index in [-0.39, 0.29) is 0 Å². The van der Waals surface area contributed by atoms with E-state index in [1.807, 2.05) is 12.1 Å². The molecule has 0 aliphatic rings. The van der Waals surface area contributed by atoms with Gasteiger partial charge in [-0.3, -0.25) is 0 Å². The molecule has 0 bridgehead atoms. The van der Waals surface area contributed by atoms with Gasteiger partial charge in [0.2, 0.25) is 0 Å². The fourth-order valence-corrected chi connectivity index (χ4v) is 2.53. The monoisotopic (exact) mass is 268 g/mol. The molecule has 0 heterocycles. The topological polar surface area (TPSA) is 29.3 Å². The Bertz CT molecular complexity index is 552. The molecule has 2 aromatic carbocycles. The van der Waals surface area contributed by atoms with Crippen LogP contribution in [0.4, 0.5) is 17.1 Å². The summed E-state index contributed by atoms with van der Waals surface area (Å²) in [5.74, 6) is 0.609. The highest BCUT2D eigenvalue weighted by molar-refractivity contribution is 5.77. The minimum absolute atomic E-state index is 0.609. The summed E-state index contributed by atoms with van der Waals surface area (Å²) in [5.41, 5.74) is 11.8. The van der Waals surface area contributed by atoms with E-state index in [0.717, 1.165) is 17.1 Å². The van der Waals surface area contributed by atoms with Crippen LogP contribution < -0.4 is 10.6 Å². The third kappa shape index (κ3) is 2.79. The maximum absolute atomic E-state index is 6.12. The van der Waals surface area contributed by atoms with Gasteiger partial charge in [-0.25, -0.2) is 0 Å². The third-order valence-corrected chi connectivity index (χ3v) is 4.07. The molecule has 0 aliphatic heterocycles. The van der Waals surface area contributed by atoms with Gasteiger partial charge in [0.1, 0.15) is 0 Å². The predicted octanol–water partition coefficient (Wildman–Crippen LogP) is 4.86. The van der Waals surface area contributed by atoms with Crippen molar-refractivity contribution in [2.45, 2.75) is 33.1 Å². The van der Waals surface area contributed by atoms with E-state index in [9.17, 15) is 0 Å². The minimum atomic E-state index is 0.609. The summed E-state index contributed by atoms with van der Waals surface area (Å²) in [5, 5.41) is 0. The van der Waals surface area contributed by atoms with Crippen molar-refractivity contribution in [3.63, 3.8) is 0 Å². The normalized spacial score (nSPS) is 12.2. The quantitative estimate of drug-likeness (QED) is 0.802. The SMILES string of the molecule is CCC(C)c1ccc(N(C)c2c(C)cccc2N)cc1. The van der Waals surface area contributed by atoms with Gasteiger partial charge in [0.05, 0.1) is 11.4 Å². The van der Waals surface area contributed by atoms with Crippen molar-refractivity contribution in [1.82, 2.24) is 0 Å². The Morgan fingerprint density at radius 2 is 1.75 bits per heavy atom. The molecular formula is C18H24N2. The predicted molar refractivity (Wildman–Crippen MR) is 88.8 cm³/mol. The van der Waals surface area contributed by atoms with Crippen molar-refractivity contribution in [3.8, 4) is 0 Å². The molecule has 2 nitrogen and oxygen atoms in total. The highest BCUT2D eigenvalue weighted by Gasteiger charge is 2.11. The number of para-hydroxylation sites is 1. The van der Waals surface area contributed by atoms with E-state index < -0.39 is 0 Å². The summed E-state index contributed by atoms with van der Waals surface area (Å²) in [6.07, 6.45) is 1.17. The van der Waals surface area contributed by atoms with Crippen LogP contribution in [-0.4, -0.2) is 7.05 Å². The zero-order valence-corrected chi connectivity index (χ0v) is 12.9. The molecule has 0 amide bonds. The number of hydrogen-bond donors (Lipinski definition) is 1. The lowest BCUT2D eigenvalue weighted by atomic mass is 9.98. The van der Waals surface area contributed by atoms with Crippen molar-refractivity contribution in [2.75, 3.05) is 17.7 Å². The van der Waals surface area contributed by atoms with Crippen molar-refractivity contribution in [2.24, 2.45) is 0 Å². The van der Waals surface area contributed by atoms with Gasteiger partial charge < -0.3 is 10.6 Å². The Hall–Kier alpha value is -1.96. The average molecular weight is 268 g/mol. The first-order valence-corrected chi connectivity index (χ1v) is 7.23. The van der Waals surface area contributed by atoms with Gasteiger partial charge in [0.25, 0.3) is 0 Å². The van der Waals surface area contributed by atoms with Crippen LogP contribution in [0.2, 0.25) is 0 Å². The summed E-state index contributed by atoms with van der Waals surface area (Å²) >= 11 is 0. The van der Waals surface area contributed by atoms with E-state index in [1.54, 1.807) is 0 Å². The lowest BCUT2D eigenvalue weighted by Crippen LogP contribution is -2.13. The Morgan fingerprint density at radius 1 is 1.10 bits per heavy atom. The molecule has 2 N–H and O–H groups in total. The van der Waals surface area contributed by atoms with Gasteiger partial charge >= 0.3 is 0 Å². The van der Waals surface area contributed by atoms with Crippen molar-refractivity contribution >= 4 is 17.1 Å². The fourth-order valence-electron chi connectivity index (χ4n) is 2.53. The Kier molecular flexibility index (Phi) is 4.33. The molecule has 106 valence electrons. The first-order chi connectivity index (χ1) is 9.54. The Labute approximate surface area is 122 Å². The first kappa shape index (κ1) is 14.4. The highest BCUT2D eigenvalue weighted by Crippen LogP contribution is 2.32. The van der Waals surface area contributed by atoms with Gasteiger partial charge in [0.15, 0.2) is 0 Å². The summed E-state index contributed by atoms with van der Waals surface area (Å²) < 4.78 is 0. The highest BCUT2D eigenvalue weighted by atomic mass is 15.1. The minimum Gasteiger partial charge on any atom is -0.397 e. The molecule has 0 radical (unpaired) electrons. The van der Waals surface area contributed by atoms with E-state index >= 15 is 0 Å².